The van der Waals surface area contributed by atoms with Crippen LogP contribution in [-0.2, 0) is 0 Å². The summed E-state index contributed by atoms with van der Waals surface area (Å²) in [5, 5.41) is 24.7. The lowest BCUT2D eigenvalue weighted by atomic mass is 10.1. The first kappa shape index (κ1) is 21.1. The van der Waals surface area contributed by atoms with Crippen molar-refractivity contribution in [3.05, 3.63) is 75.5 Å². The molecule has 0 spiro atoms. The smallest absolute Gasteiger partial charge is 0.138 e. The van der Waals surface area contributed by atoms with Gasteiger partial charge in [0.25, 0.3) is 0 Å². The fourth-order valence-corrected chi connectivity index (χ4v) is 6.34. The average molecular weight is 537 g/mol. The molecule has 9 heteroatoms. The fourth-order valence-electron chi connectivity index (χ4n) is 3.22. The lowest BCUT2D eigenvalue weighted by molar-refractivity contribution is 0.421. The highest BCUT2D eigenvalue weighted by molar-refractivity contribution is 9.10. The van der Waals surface area contributed by atoms with Crippen molar-refractivity contribution in [1.29, 1.82) is 5.26 Å². The number of nitriles is 1. The van der Waals surface area contributed by atoms with Gasteiger partial charge in [0.15, 0.2) is 0 Å². The summed E-state index contributed by atoms with van der Waals surface area (Å²) in [6, 6.07) is 17.9. The Bertz CT molecular complexity index is 1480. The van der Waals surface area contributed by atoms with Crippen molar-refractivity contribution in [2.45, 2.75) is 5.03 Å². The summed E-state index contributed by atoms with van der Waals surface area (Å²) < 4.78 is 1.99. The highest BCUT2D eigenvalue weighted by Gasteiger charge is 2.17. The number of fused-ring (bicyclic) bond motifs is 2. The number of hydrogen-bond acceptors (Lipinski definition) is 8. The van der Waals surface area contributed by atoms with Crippen molar-refractivity contribution in [2.24, 2.45) is 0 Å². The summed E-state index contributed by atoms with van der Waals surface area (Å²) in [6.45, 7) is 0. The molecule has 32 heavy (non-hydrogen) atoms. The Hall–Kier alpha value is -2.77. The van der Waals surface area contributed by atoms with Crippen LogP contribution in [0.5, 0.6) is 0 Å². The third kappa shape index (κ3) is 4.02. The molecule has 0 bridgehead atoms. The molecular formula is C23H13BrN4OS3. The van der Waals surface area contributed by atoms with E-state index in [9.17, 15) is 10.4 Å². The lowest BCUT2D eigenvalue weighted by Crippen LogP contribution is -1.94. The van der Waals surface area contributed by atoms with Gasteiger partial charge in [-0.1, -0.05) is 52.0 Å². The lowest BCUT2D eigenvalue weighted by Gasteiger charge is -2.06. The van der Waals surface area contributed by atoms with Crippen LogP contribution in [0, 0.1) is 11.3 Å². The molecule has 5 nitrogen and oxygen atoms in total. The molecule has 0 aliphatic rings. The average Bonchev–Trinajstić information content (AvgIpc) is 3.43. The van der Waals surface area contributed by atoms with Crippen LogP contribution in [0.15, 0.2) is 75.5 Å². The van der Waals surface area contributed by atoms with Gasteiger partial charge in [0.05, 0.1) is 21.4 Å². The molecule has 0 aliphatic carbocycles. The number of thiazole rings is 1. The Balaban J connectivity index is 1.48. The second-order valence-corrected chi connectivity index (χ2v) is 10.5. The predicted octanol–water partition coefficient (Wildman–Crippen LogP) is 7.32. The van der Waals surface area contributed by atoms with Crippen LogP contribution < -0.4 is 0 Å². The molecule has 0 fully saturated rings. The van der Waals surface area contributed by atoms with Gasteiger partial charge in [-0.05, 0) is 29.8 Å². The van der Waals surface area contributed by atoms with Crippen molar-refractivity contribution >= 4 is 76.4 Å². The highest BCUT2D eigenvalue weighted by Crippen LogP contribution is 2.39. The van der Waals surface area contributed by atoms with Crippen LogP contribution in [-0.4, -0.2) is 25.8 Å². The second-order valence-electron chi connectivity index (χ2n) is 6.72. The molecule has 0 atom stereocenters. The third-order valence-electron chi connectivity index (χ3n) is 4.74. The summed E-state index contributed by atoms with van der Waals surface area (Å²) in [5.41, 5.74) is 3.14. The number of aliphatic hydroxyl groups is 1. The summed E-state index contributed by atoms with van der Waals surface area (Å²) >= 11 is 7.82. The minimum Gasteiger partial charge on any atom is -0.510 e. The number of benzene rings is 2. The highest BCUT2D eigenvalue weighted by atomic mass is 79.9. The van der Waals surface area contributed by atoms with Crippen LogP contribution in [0.3, 0.4) is 0 Å². The SMILES string of the molecule is N#C/C(=C(/O)CSc1ncnc2scc(-c3ccc(Br)cc3)c12)c1nc2ccccc2s1. The van der Waals surface area contributed by atoms with Gasteiger partial charge in [-0.25, -0.2) is 15.0 Å². The molecule has 1 N–H and O–H groups in total. The molecule has 2 aromatic carbocycles. The van der Waals surface area contributed by atoms with Gasteiger partial charge >= 0.3 is 0 Å². The van der Waals surface area contributed by atoms with Crippen molar-refractivity contribution in [1.82, 2.24) is 15.0 Å². The van der Waals surface area contributed by atoms with E-state index in [4.69, 9.17) is 0 Å². The quantitative estimate of drug-likeness (QED) is 0.110. The molecule has 0 amide bonds. The van der Waals surface area contributed by atoms with Crippen LogP contribution >= 0.6 is 50.4 Å². The van der Waals surface area contributed by atoms with Crippen LogP contribution in [0.1, 0.15) is 5.01 Å². The van der Waals surface area contributed by atoms with E-state index in [-0.39, 0.29) is 17.1 Å². The van der Waals surface area contributed by atoms with Crippen molar-refractivity contribution in [3.63, 3.8) is 0 Å². The Morgan fingerprint density at radius 3 is 2.72 bits per heavy atom. The van der Waals surface area contributed by atoms with Gasteiger partial charge in [0.1, 0.15) is 38.6 Å². The van der Waals surface area contributed by atoms with Gasteiger partial charge in [-0.15, -0.1) is 22.7 Å². The molecule has 0 saturated heterocycles. The number of aliphatic hydroxyl groups excluding tert-OH is 1. The zero-order chi connectivity index (χ0) is 22.1. The predicted molar refractivity (Wildman–Crippen MR) is 136 cm³/mol. The van der Waals surface area contributed by atoms with Gasteiger partial charge in [-0.2, -0.15) is 5.26 Å². The van der Waals surface area contributed by atoms with Gasteiger partial charge in [0.2, 0.25) is 0 Å². The van der Waals surface area contributed by atoms with Crippen LogP contribution in [0.4, 0.5) is 0 Å². The fraction of sp³-hybridized carbons (Fsp3) is 0.0435. The molecule has 0 saturated carbocycles. The van der Waals surface area contributed by atoms with Gasteiger partial charge in [0, 0.05) is 15.4 Å². The summed E-state index contributed by atoms with van der Waals surface area (Å²) in [5.74, 6) is 0.198. The Morgan fingerprint density at radius 2 is 1.94 bits per heavy atom. The number of halogens is 1. The molecule has 3 heterocycles. The number of thiophene rings is 1. The van der Waals surface area contributed by atoms with E-state index in [1.807, 2.05) is 48.5 Å². The summed E-state index contributed by atoms with van der Waals surface area (Å²) in [6.07, 6.45) is 1.53. The maximum Gasteiger partial charge on any atom is 0.138 e. The van der Waals surface area contributed by atoms with E-state index in [1.165, 1.54) is 29.4 Å². The van der Waals surface area contributed by atoms with Crippen LogP contribution in [0.2, 0.25) is 0 Å². The van der Waals surface area contributed by atoms with E-state index in [0.717, 1.165) is 41.1 Å². The summed E-state index contributed by atoms with van der Waals surface area (Å²) in [4.78, 5) is 14.3. The van der Waals surface area contributed by atoms with Crippen molar-refractivity contribution in [2.75, 3.05) is 5.75 Å². The maximum atomic E-state index is 10.7. The molecule has 0 unspecified atom stereocenters. The zero-order valence-corrected chi connectivity index (χ0v) is 20.4. The first-order valence-electron chi connectivity index (χ1n) is 9.43. The zero-order valence-electron chi connectivity index (χ0n) is 16.3. The number of para-hydroxylation sites is 1. The van der Waals surface area contributed by atoms with E-state index >= 15 is 0 Å². The van der Waals surface area contributed by atoms with E-state index in [2.05, 4.69) is 42.3 Å². The largest absolute Gasteiger partial charge is 0.510 e. The first-order valence-corrected chi connectivity index (χ1v) is 12.9. The first-order chi connectivity index (χ1) is 15.6. The van der Waals surface area contributed by atoms with Gasteiger partial charge < -0.3 is 5.11 Å². The van der Waals surface area contributed by atoms with Crippen molar-refractivity contribution < 1.29 is 5.11 Å². The number of hydrogen-bond donors (Lipinski definition) is 1. The molecule has 0 aliphatic heterocycles. The monoisotopic (exact) mass is 536 g/mol. The second kappa shape index (κ2) is 9.00. The van der Waals surface area contributed by atoms with Crippen molar-refractivity contribution in [3.8, 4) is 17.2 Å². The maximum absolute atomic E-state index is 10.7. The number of thioether (sulfide) groups is 1. The topological polar surface area (TPSA) is 82.7 Å². The molecule has 156 valence electrons. The summed E-state index contributed by atoms with van der Waals surface area (Å²) in [7, 11) is 0. The molecular weight excluding hydrogens is 524 g/mol. The standard InChI is InChI=1S/C23H13BrN4OS3/c24-14-7-5-13(6-8-14)16-10-30-22-20(16)23(27-12-26-22)31-11-18(29)15(9-25)21-28-17-3-1-2-4-19(17)32-21/h1-8,10,12,29H,11H2/b18-15-. The number of rotatable bonds is 5. The Morgan fingerprint density at radius 1 is 1.12 bits per heavy atom. The number of aromatic nitrogens is 3. The Kier molecular flexibility index (Phi) is 5.93. The molecule has 3 aromatic heterocycles. The Labute approximate surface area is 204 Å². The number of nitrogens with zero attached hydrogens (tertiary/aromatic N) is 4. The minimum absolute atomic E-state index is 0.0104. The van der Waals surface area contributed by atoms with E-state index in [0.29, 0.717) is 5.01 Å². The molecule has 5 aromatic rings. The molecule has 5 rings (SSSR count). The third-order valence-corrected chi connectivity index (χ3v) is 8.21. The normalized spacial score (nSPS) is 12.1. The van der Waals surface area contributed by atoms with Gasteiger partial charge in [-0.3, -0.25) is 0 Å². The van der Waals surface area contributed by atoms with E-state index < -0.39 is 0 Å². The van der Waals surface area contributed by atoms with E-state index in [1.54, 1.807) is 11.3 Å². The number of allylic oxidation sites excluding steroid dienone is 1. The molecule has 0 radical (unpaired) electrons. The van der Waals surface area contributed by atoms with Crippen LogP contribution in [0.25, 0.3) is 37.1 Å². The minimum atomic E-state index is -0.0104.